The van der Waals surface area contributed by atoms with Crippen LogP contribution in [0.15, 0.2) is 18.2 Å². The smallest absolute Gasteiger partial charge is 0.153 e. The van der Waals surface area contributed by atoms with Gasteiger partial charge in [0, 0.05) is 0 Å². The Bertz CT molecular complexity index is 303. The third-order valence-electron chi connectivity index (χ3n) is 1.66. The lowest BCUT2D eigenvalue weighted by atomic mass is 10.1. The van der Waals surface area contributed by atoms with Crippen molar-refractivity contribution in [1.82, 2.24) is 0 Å². The summed E-state index contributed by atoms with van der Waals surface area (Å²) in [6.45, 7) is 5.86. The van der Waals surface area contributed by atoms with Crippen LogP contribution in [0.1, 0.15) is 29.8 Å². The average Bonchev–Trinajstić information content (AvgIpc) is 2.03. The Kier molecular flexibility index (Phi) is 3.07. The van der Waals surface area contributed by atoms with Crippen molar-refractivity contribution in [2.45, 2.75) is 26.9 Å². The molecule has 1 aromatic carbocycles. The van der Waals surface area contributed by atoms with Crippen molar-refractivity contribution >= 4 is 6.29 Å². The van der Waals surface area contributed by atoms with Crippen LogP contribution < -0.4 is 4.74 Å². The van der Waals surface area contributed by atoms with Crippen molar-refractivity contribution in [2.75, 3.05) is 0 Å². The van der Waals surface area contributed by atoms with Gasteiger partial charge in [-0.1, -0.05) is 6.07 Å². The number of rotatable bonds is 3. The molecule has 0 aromatic heterocycles. The lowest BCUT2D eigenvalue weighted by Gasteiger charge is -2.11. The van der Waals surface area contributed by atoms with E-state index in [1.165, 1.54) is 0 Å². The van der Waals surface area contributed by atoms with Crippen LogP contribution in [-0.2, 0) is 0 Å². The fraction of sp³-hybridized carbons (Fsp3) is 0.364. The Balaban J connectivity index is 3.01. The van der Waals surface area contributed by atoms with Gasteiger partial charge in [0.05, 0.1) is 11.7 Å². The van der Waals surface area contributed by atoms with Crippen molar-refractivity contribution < 1.29 is 9.53 Å². The summed E-state index contributed by atoms with van der Waals surface area (Å²) < 4.78 is 5.49. The van der Waals surface area contributed by atoms with Crippen LogP contribution in [0.4, 0.5) is 0 Å². The number of aryl methyl sites for hydroxylation is 1. The number of aldehydes is 1. The molecule has 0 saturated heterocycles. The van der Waals surface area contributed by atoms with Gasteiger partial charge in [-0.15, -0.1) is 0 Å². The van der Waals surface area contributed by atoms with Gasteiger partial charge in [0.1, 0.15) is 5.75 Å². The van der Waals surface area contributed by atoms with Crippen molar-refractivity contribution in [3.8, 4) is 5.75 Å². The van der Waals surface area contributed by atoms with Gasteiger partial charge in [-0.2, -0.15) is 0 Å². The third kappa shape index (κ3) is 2.58. The number of hydrogen-bond donors (Lipinski definition) is 0. The molecule has 0 saturated carbocycles. The maximum atomic E-state index is 10.6. The maximum Gasteiger partial charge on any atom is 0.153 e. The summed E-state index contributed by atoms with van der Waals surface area (Å²) in [5, 5.41) is 0. The Morgan fingerprint density at radius 1 is 1.38 bits per heavy atom. The molecule has 70 valence electrons. The molecule has 1 aromatic rings. The van der Waals surface area contributed by atoms with Gasteiger partial charge >= 0.3 is 0 Å². The van der Waals surface area contributed by atoms with E-state index in [4.69, 9.17) is 4.74 Å². The molecule has 0 N–H and O–H groups in total. The fourth-order valence-electron chi connectivity index (χ4n) is 1.09. The minimum absolute atomic E-state index is 0.0977. The van der Waals surface area contributed by atoms with E-state index >= 15 is 0 Å². The highest BCUT2D eigenvalue weighted by molar-refractivity contribution is 5.79. The zero-order chi connectivity index (χ0) is 9.84. The molecule has 2 nitrogen and oxygen atoms in total. The molecule has 0 unspecified atom stereocenters. The number of carbonyl (C=O) groups excluding carboxylic acids is 1. The first-order chi connectivity index (χ1) is 6.13. The van der Waals surface area contributed by atoms with Gasteiger partial charge in [0.25, 0.3) is 0 Å². The zero-order valence-corrected chi connectivity index (χ0v) is 8.20. The molecule has 0 aliphatic rings. The molecule has 0 heterocycles. The van der Waals surface area contributed by atoms with Gasteiger partial charge in [0.2, 0.25) is 0 Å². The van der Waals surface area contributed by atoms with Gasteiger partial charge < -0.3 is 4.74 Å². The minimum atomic E-state index is 0.0977. The van der Waals surface area contributed by atoms with E-state index in [2.05, 4.69) is 0 Å². The molecule has 0 spiro atoms. The highest BCUT2D eigenvalue weighted by atomic mass is 16.5. The number of carbonyl (C=O) groups is 1. The number of hydrogen-bond acceptors (Lipinski definition) is 2. The molecule has 0 aliphatic carbocycles. The number of ether oxygens (including phenoxy) is 1. The predicted molar refractivity (Wildman–Crippen MR) is 52.3 cm³/mol. The molecule has 0 atom stereocenters. The monoisotopic (exact) mass is 178 g/mol. The SMILES string of the molecule is Cc1ccc(C=O)c(OC(C)C)c1. The van der Waals surface area contributed by atoms with Crippen LogP contribution in [0, 0.1) is 6.92 Å². The standard InChI is InChI=1S/C11H14O2/c1-8(2)13-11-6-9(3)4-5-10(11)7-12/h4-8H,1-3H3. The van der Waals surface area contributed by atoms with Crippen LogP contribution in [0.25, 0.3) is 0 Å². The first-order valence-corrected chi connectivity index (χ1v) is 4.36. The van der Waals surface area contributed by atoms with Crippen molar-refractivity contribution in [3.63, 3.8) is 0 Å². The van der Waals surface area contributed by atoms with Crippen molar-refractivity contribution in [1.29, 1.82) is 0 Å². The summed E-state index contributed by atoms with van der Waals surface area (Å²) in [7, 11) is 0. The fourth-order valence-corrected chi connectivity index (χ4v) is 1.09. The average molecular weight is 178 g/mol. The highest BCUT2D eigenvalue weighted by Crippen LogP contribution is 2.19. The number of benzene rings is 1. The van der Waals surface area contributed by atoms with Crippen LogP contribution in [0.5, 0.6) is 5.75 Å². The van der Waals surface area contributed by atoms with E-state index in [0.29, 0.717) is 11.3 Å². The second kappa shape index (κ2) is 4.08. The minimum Gasteiger partial charge on any atom is -0.490 e. The Morgan fingerprint density at radius 3 is 2.62 bits per heavy atom. The van der Waals surface area contributed by atoms with Crippen LogP contribution in [-0.4, -0.2) is 12.4 Å². The summed E-state index contributed by atoms with van der Waals surface area (Å²) in [5.41, 5.74) is 1.71. The Hall–Kier alpha value is -1.31. The van der Waals surface area contributed by atoms with E-state index in [1.807, 2.05) is 32.9 Å². The van der Waals surface area contributed by atoms with Gasteiger partial charge in [0.15, 0.2) is 6.29 Å². The van der Waals surface area contributed by atoms with Gasteiger partial charge in [-0.3, -0.25) is 4.79 Å². The molecule has 1 rings (SSSR count). The highest BCUT2D eigenvalue weighted by Gasteiger charge is 2.04. The second-order valence-electron chi connectivity index (χ2n) is 3.33. The molecule has 0 bridgehead atoms. The molecule has 0 radical (unpaired) electrons. The van der Waals surface area contributed by atoms with Gasteiger partial charge in [-0.05, 0) is 38.5 Å². The van der Waals surface area contributed by atoms with Crippen LogP contribution >= 0.6 is 0 Å². The topological polar surface area (TPSA) is 26.3 Å². The molecule has 0 aliphatic heterocycles. The summed E-state index contributed by atoms with van der Waals surface area (Å²) in [6.07, 6.45) is 0.914. The Morgan fingerprint density at radius 2 is 2.08 bits per heavy atom. The molecule has 0 amide bonds. The van der Waals surface area contributed by atoms with Crippen LogP contribution in [0.3, 0.4) is 0 Å². The first-order valence-electron chi connectivity index (χ1n) is 4.36. The van der Waals surface area contributed by atoms with E-state index < -0.39 is 0 Å². The summed E-state index contributed by atoms with van der Waals surface area (Å²) in [4.78, 5) is 10.6. The summed E-state index contributed by atoms with van der Waals surface area (Å²) >= 11 is 0. The third-order valence-corrected chi connectivity index (χ3v) is 1.66. The summed E-state index contributed by atoms with van der Waals surface area (Å²) in [6, 6.07) is 5.56. The first kappa shape index (κ1) is 9.78. The molecular formula is C11H14O2. The van der Waals surface area contributed by atoms with Crippen LogP contribution in [0.2, 0.25) is 0 Å². The predicted octanol–water partition coefficient (Wildman–Crippen LogP) is 2.59. The van der Waals surface area contributed by atoms with E-state index in [-0.39, 0.29) is 6.10 Å². The van der Waals surface area contributed by atoms with E-state index in [1.54, 1.807) is 6.07 Å². The van der Waals surface area contributed by atoms with E-state index in [9.17, 15) is 4.79 Å². The van der Waals surface area contributed by atoms with Crippen molar-refractivity contribution in [3.05, 3.63) is 29.3 Å². The normalized spacial score (nSPS) is 10.2. The molecule has 13 heavy (non-hydrogen) atoms. The van der Waals surface area contributed by atoms with E-state index in [0.717, 1.165) is 11.8 Å². The summed E-state index contributed by atoms with van der Waals surface area (Å²) in [5.74, 6) is 0.671. The molecule has 2 heteroatoms. The quantitative estimate of drug-likeness (QED) is 0.665. The second-order valence-corrected chi connectivity index (χ2v) is 3.33. The maximum absolute atomic E-state index is 10.6. The zero-order valence-electron chi connectivity index (χ0n) is 8.20. The molecular weight excluding hydrogens is 164 g/mol. The van der Waals surface area contributed by atoms with Crippen molar-refractivity contribution in [2.24, 2.45) is 0 Å². The van der Waals surface area contributed by atoms with Gasteiger partial charge in [-0.25, -0.2) is 0 Å². The largest absolute Gasteiger partial charge is 0.490 e. The lowest BCUT2D eigenvalue weighted by Crippen LogP contribution is -2.07. The Labute approximate surface area is 78.5 Å². The molecule has 0 fully saturated rings. The lowest BCUT2D eigenvalue weighted by molar-refractivity contribution is 0.111.